The van der Waals surface area contributed by atoms with Crippen molar-refractivity contribution in [3.8, 4) is 0 Å². The Kier molecular flexibility index (Phi) is 4.98. The fraction of sp³-hybridized carbons (Fsp3) is 0.412. The lowest BCUT2D eigenvalue weighted by molar-refractivity contribution is -0.126. The molecule has 0 spiro atoms. The molecule has 2 amide bonds. The molecule has 2 atom stereocenters. The molecule has 25 heavy (non-hydrogen) atoms. The van der Waals surface area contributed by atoms with E-state index in [1.165, 1.54) is 0 Å². The zero-order valence-electron chi connectivity index (χ0n) is 14.1. The van der Waals surface area contributed by atoms with Gasteiger partial charge in [0.2, 0.25) is 11.8 Å². The quantitative estimate of drug-likeness (QED) is 0.760. The third-order valence-electron chi connectivity index (χ3n) is 4.28. The molecule has 0 saturated carbocycles. The van der Waals surface area contributed by atoms with Crippen molar-refractivity contribution in [1.82, 2.24) is 20.6 Å². The average molecular weight is 360 g/mol. The monoisotopic (exact) mass is 360 g/mol. The van der Waals surface area contributed by atoms with E-state index in [1.807, 2.05) is 17.5 Å². The number of nitrogens with one attached hydrogen (secondary N) is 3. The molecule has 0 radical (unpaired) electrons. The van der Waals surface area contributed by atoms with E-state index in [-0.39, 0.29) is 35.9 Å². The number of hydrogen-bond donors (Lipinski definition) is 3. The van der Waals surface area contributed by atoms with Gasteiger partial charge in [0, 0.05) is 22.6 Å². The van der Waals surface area contributed by atoms with Gasteiger partial charge in [-0.3, -0.25) is 14.4 Å². The van der Waals surface area contributed by atoms with Crippen molar-refractivity contribution in [3.05, 3.63) is 49.8 Å². The highest BCUT2D eigenvalue weighted by atomic mass is 32.1. The molecule has 1 aliphatic heterocycles. The number of aryl methyl sites for hydroxylation is 2. The summed E-state index contributed by atoms with van der Waals surface area (Å²) in [7, 11) is 0. The molecular formula is C17H20N4O3S. The first-order valence-electron chi connectivity index (χ1n) is 8.12. The van der Waals surface area contributed by atoms with Crippen LogP contribution >= 0.6 is 11.3 Å². The van der Waals surface area contributed by atoms with Gasteiger partial charge in [0.15, 0.2) is 0 Å². The Morgan fingerprint density at radius 1 is 1.40 bits per heavy atom. The molecule has 1 aliphatic rings. The minimum atomic E-state index is -0.285. The minimum Gasteiger partial charge on any atom is -0.351 e. The molecule has 3 rings (SSSR count). The lowest BCUT2D eigenvalue weighted by Crippen LogP contribution is -2.50. The van der Waals surface area contributed by atoms with Crippen LogP contribution in [0.15, 0.2) is 22.3 Å². The fourth-order valence-corrected chi connectivity index (χ4v) is 3.91. The summed E-state index contributed by atoms with van der Waals surface area (Å²) in [6.07, 6.45) is 0.913. The Labute approximate surface area is 148 Å². The largest absolute Gasteiger partial charge is 0.351 e. The number of amides is 2. The Morgan fingerprint density at radius 2 is 2.20 bits per heavy atom. The summed E-state index contributed by atoms with van der Waals surface area (Å²) in [5.74, 6) is 0.264. The summed E-state index contributed by atoms with van der Waals surface area (Å²) in [5.41, 5.74) is 0.644. The molecular weight excluding hydrogens is 340 g/mol. The third kappa shape index (κ3) is 3.96. The average Bonchev–Trinajstić information content (AvgIpc) is 3.07. The molecule has 2 aromatic heterocycles. The summed E-state index contributed by atoms with van der Waals surface area (Å²) in [5, 5.41) is 7.85. The summed E-state index contributed by atoms with van der Waals surface area (Å²) < 4.78 is 0. The summed E-state index contributed by atoms with van der Waals surface area (Å²) in [6, 6.07) is 3.43. The van der Waals surface area contributed by atoms with Crippen LogP contribution in [0.1, 0.15) is 40.8 Å². The number of nitrogens with zero attached hydrogens (tertiary/aromatic N) is 1. The Hall–Kier alpha value is -2.48. The maximum Gasteiger partial charge on any atom is 0.254 e. The number of piperidine rings is 1. The standard InChI is InChI=1S/C17H20N4O3S/c1-9-11(17(24)19-10(2)18-9)8-15(23)20-12-5-6-14(22)21-16(12)13-4-3-7-25-13/h3-4,7,12,16H,5-6,8H2,1-2H3,(H,20,23)(H,21,22)(H,18,19,24)/t12-,16-/m1/s1. The van der Waals surface area contributed by atoms with Crippen molar-refractivity contribution in [2.75, 3.05) is 0 Å². The van der Waals surface area contributed by atoms with E-state index in [1.54, 1.807) is 25.2 Å². The SMILES string of the molecule is Cc1nc(C)c(CC(=O)N[C@@H]2CCC(=O)N[C@H]2c2cccs2)c(=O)[nH]1. The maximum atomic E-state index is 12.5. The van der Waals surface area contributed by atoms with Crippen molar-refractivity contribution < 1.29 is 9.59 Å². The van der Waals surface area contributed by atoms with Gasteiger partial charge in [0.05, 0.1) is 18.5 Å². The highest BCUT2D eigenvalue weighted by Crippen LogP contribution is 2.27. The topological polar surface area (TPSA) is 104 Å². The number of aromatic amines is 1. The molecule has 2 aromatic rings. The number of rotatable bonds is 4. The number of carbonyl (C=O) groups is 2. The van der Waals surface area contributed by atoms with Crippen LogP contribution in [0.2, 0.25) is 0 Å². The second-order valence-electron chi connectivity index (χ2n) is 6.17. The van der Waals surface area contributed by atoms with Gasteiger partial charge >= 0.3 is 0 Å². The second kappa shape index (κ2) is 7.18. The number of hydrogen-bond acceptors (Lipinski definition) is 5. The zero-order chi connectivity index (χ0) is 18.0. The van der Waals surface area contributed by atoms with Gasteiger partial charge in [0.25, 0.3) is 5.56 Å². The van der Waals surface area contributed by atoms with Gasteiger partial charge in [-0.2, -0.15) is 0 Å². The second-order valence-corrected chi connectivity index (χ2v) is 7.14. The Morgan fingerprint density at radius 3 is 2.88 bits per heavy atom. The Bertz CT molecular complexity index is 844. The van der Waals surface area contributed by atoms with E-state index < -0.39 is 0 Å². The van der Waals surface area contributed by atoms with E-state index in [4.69, 9.17) is 0 Å². The van der Waals surface area contributed by atoms with E-state index in [9.17, 15) is 14.4 Å². The molecule has 0 unspecified atom stereocenters. The zero-order valence-corrected chi connectivity index (χ0v) is 14.9. The van der Waals surface area contributed by atoms with Gasteiger partial charge in [-0.25, -0.2) is 4.98 Å². The van der Waals surface area contributed by atoms with Gasteiger partial charge in [-0.15, -0.1) is 11.3 Å². The summed E-state index contributed by atoms with van der Waals surface area (Å²) >= 11 is 1.54. The highest BCUT2D eigenvalue weighted by Gasteiger charge is 2.31. The van der Waals surface area contributed by atoms with Crippen LogP contribution in [0.25, 0.3) is 0 Å². The first-order chi connectivity index (χ1) is 11.9. The molecule has 1 fully saturated rings. The van der Waals surface area contributed by atoms with Crippen molar-refractivity contribution >= 4 is 23.2 Å². The molecule has 3 N–H and O–H groups in total. The molecule has 3 heterocycles. The first-order valence-corrected chi connectivity index (χ1v) is 9.00. The van der Waals surface area contributed by atoms with Crippen molar-refractivity contribution in [1.29, 1.82) is 0 Å². The number of thiophene rings is 1. The van der Waals surface area contributed by atoms with Crippen molar-refractivity contribution in [2.24, 2.45) is 0 Å². The van der Waals surface area contributed by atoms with Gasteiger partial charge < -0.3 is 15.6 Å². The summed E-state index contributed by atoms with van der Waals surface area (Å²) in [6.45, 7) is 3.43. The minimum absolute atomic E-state index is 0.0149. The van der Waals surface area contributed by atoms with E-state index in [0.29, 0.717) is 29.9 Å². The van der Waals surface area contributed by atoms with Crippen LogP contribution in [0.4, 0.5) is 0 Å². The van der Waals surface area contributed by atoms with Crippen LogP contribution < -0.4 is 16.2 Å². The predicted octanol–water partition coefficient (Wildman–Crippen LogP) is 1.13. The lowest BCUT2D eigenvalue weighted by Gasteiger charge is -2.32. The van der Waals surface area contributed by atoms with Crippen molar-refractivity contribution in [3.63, 3.8) is 0 Å². The molecule has 0 aromatic carbocycles. The fourth-order valence-electron chi connectivity index (χ4n) is 3.07. The van der Waals surface area contributed by atoms with E-state index in [2.05, 4.69) is 20.6 Å². The maximum absolute atomic E-state index is 12.5. The number of aromatic nitrogens is 2. The van der Waals surface area contributed by atoms with Crippen LogP contribution in [-0.4, -0.2) is 27.8 Å². The van der Waals surface area contributed by atoms with E-state index >= 15 is 0 Å². The normalized spacial score (nSPS) is 20.2. The Balaban J connectivity index is 1.73. The molecule has 1 saturated heterocycles. The van der Waals surface area contributed by atoms with Gasteiger partial charge in [-0.1, -0.05) is 6.07 Å². The number of carbonyl (C=O) groups excluding carboxylic acids is 2. The van der Waals surface area contributed by atoms with Crippen LogP contribution in [0.5, 0.6) is 0 Å². The third-order valence-corrected chi connectivity index (χ3v) is 5.23. The molecule has 0 aliphatic carbocycles. The van der Waals surface area contributed by atoms with Crippen LogP contribution in [-0.2, 0) is 16.0 Å². The van der Waals surface area contributed by atoms with Gasteiger partial charge in [-0.05, 0) is 31.7 Å². The molecule has 132 valence electrons. The lowest BCUT2D eigenvalue weighted by atomic mass is 9.96. The van der Waals surface area contributed by atoms with Crippen LogP contribution in [0.3, 0.4) is 0 Å². The number of H-pyrrole nitrogens is 1. The summed E-state index contributed by atoms with van der Waals surface area (Å²) in [4.78, 5) is 44.1. The predicted molar refractivity (Wildman–Crippen MR) is 94.4 cm³/mol. The van der Waals surface area contributed by atoms with Gasteiger partial charge in [0.1, 0.15) is 5.82 Å². The molecule has 8 heteroatoms. The van der Waals surface area contributed by atoms with Crippen molar-refractivity contribution in [2.45, 2.75) is 45.2 Å². The first kappa shape index (κ1) is 17.3. The molecule has 0 bridgehead atoms. The van der Waals surface area contributed by atoms with E-state index in [0.717, 1.165) is 4.88 Å². The highest BCUT2D eigenvalue weighted by molar-refractivity contribution is 7.10. The smallest absolute Gasteiger partial charge is 0.254 e. The van der Waals surface area contributed by atoms with Crippen LogP contribution in [0, 0.1) is 13.8 Å². The molecule has 7 nitrogen and oxygen atoms in total.